The molecule has 1 aliphatic carbocycles. The van der Waals surface area contributed by atoms with Crippen LogP contribution in [0.1, 0.15) is 38.1 Å². The molecule has 0 bridgehead atoms. The Balaban J connectivity index is 1.66. The summed E-state index contributed by atoms with van der Waals surface area (Å²) in [6.45, 7) is 0. The molecule has 1 aromatic heterocycles. The van der Waals surface area contributed by atoms with Crippen molar-refractivity contribution in [3.8, 4) is 0 Å². The third kappa shape index (κ3) is 3.00. The van der Waals surface area contributed by atoms with E-state index in [1.165, 1.54) is 6.42 Å². The molecule has 0 radical (unpaired) electrons. The van der Waals surface area contributed by atoms with Crippen LogP contribution >= 0.6 is 0 Å². The van der Waals surface area contributed by atoms with Gasteiger partial charge in [-0.25, -0.2) is 13.4 Å². The van der Waals surface area contributed by atoms with Crippen LogP contribution in [0.2, 0.25) is 0 Å². The maximum atomic E-state index is 11.7. The van der Waals surface area contributed by atoms with Gasteiger partial charge in [-0.3, -0.25) is 0 Å². The summed E-state index contributed by atoms with van der Waals surface area (Å²) in [4.78, 5) is 4.11. The average molecular weight is 283 g/mol. The molecule has 2 heterocycles. The van der Waals surface area contributed by atoms with Crippen molar-refractivity contribution in [3.63, 3.8) is 0 Å². The summed E-state index contributed by atoms with van der Waals surface area (Å²) in [5.74, 6) is 0.668. The lowest BCUT2D eigenvalue weighted by atomic mass is 10.1. The molecule has 3 unspecified atom stereocenters. The highest BCUT2D eigenvalue weighted by Crippen LogP contribution is 2.31. The third-order valence-corrected chi connectivity index (χ3v) is 6.12. The van der Waals surface area contributed by atoms with Crippen LogP contribution in [0.5, 0.6) is 0 Å². The van der Waals surface area contributed by atoms with Gasteiger partial charge in [-0.05, 0) is 32.1 Å². The second-order valence-electron chi connectivity index (χ2n) is 5.73. The quantitative estimate of drug-likeness (QED) is 0.903. The van der Waals surface area contributed by atoms with Crippen LogP contribution in [-0.2, 0) is 9.84 Å². The van der Waals surface area contributed by atoms with Crippen molar-refractivity contribution >= 4 is 9.84 Å². The highest BCUT2D eigenvalue weighted by Gasteiger charge is 2.32. The molecule has 0 amide bonds. The number of sulfone groups is 1. The van der Waals surface area contributed by atoms with Gasteiger partial charge in [0.2, 0.25) is 0 Å². The summed E-state index contributed by atoms with van der Waals surface area (Å²) in [5, 5.41) is 3.58. The van der Waals surface area contributed by atoms with Crippen LogP contribution in [0, 0.1) is 0 Å². The molecule has 6 heteroatoms. The standard InChI is InChI=1S/C13H21N3O2S/c17-19(18)8-2-3-11(9-19)15-12-4-1-5-13(12)16-7-6-14-10-16/h6-7,10-13,15H,1-5,8-9H2. The normalized spacial score (nSPS) is 34.4. The van der Waals surface area contributed by atoms with Crippen molar-refractivity contribution in [2.75, 3.05) is 11.5 Å². The number of rotatable bonds is 3. The van der Waals surface area contributed by atoms with Crippen molar-refractivity contribution < 1.29 is 8.42 Å². The molecule has 106 valence electrons. The molecule has 1 saturated carbocycles. The zero-order valence-electron chi connectivity index (χ0n) is 11.0. The van der Waals surface area contributed by atoms with Crippen LogP contribution in [0.3, 0.4) is 0 Å². The van der Waals surface area contributed by atoms with E-state index in [1.54, 1.807) is 6.20 Å². The third-order valence-electron chi connectivity index (χ3n) is 4.30. The molecule has 19 heavy (non-hydrogen) atoms. The Morgan fingerprint density at radius 1 is 1.21 bits per heavy atom. The number of nitrogens with one attached hydrogen (secondary N) is 1. The van der Waals surface area contributed by atoms with Crippen LogP contribution < -0.4 is 5.32 Å². The van der Waals surface area contributed by atoms with Gasteiger partial charge >= 0.3 is 0 Å². The molecule has 0 spiro atoms. The first-order valence-corrected chi connectivity index (χ1v) is 8.90. The number of hydrogen-bond acceptors (Lipinski definition) is 4. The monoisotopic (exact) mass is 283 g/mol. The fourth-order valence-electron chi connectivity index (χ4n) is 3.41. The number of hydrogen-bond donors (Lipinski definition) is 1. The first-order chi connectivity index (χ1) is 9.14. The van der Waals surface area contributed by atoms with Crippen molar-refractivity contribution in [2.45, 2.75) is 50.2 Å². The van der Waals surface area contributed by atoms with Gasteiger partial charge in [0.1, 0.15) is 0 Å². The van der Waals surface area contributed by atoms with Gasteiger partial charge in [0, 0.05) is 30.5 Å². The first-order valence-electron chi connectivity index (χ1n) is 7.08. The van der Waals surface area contributed by atoms with E-state index in [0.717, 1.165) is 25.7 Å². The zero-order chi connectivity index (χ0) is 13.3. The van der Waals surface area contributed by atoms with Gasteiger partial charge in [0.25, 0.3) is 0 Å². The number of nitrogens with zero attached hydrogens (tertiary/aromatic N) is 2. The summed E-state index contributed by atoms with van der Waals surface area (Å²) < 4.78 is 25.5. The summed E-state index contributed by atoms with van der Waals surface area (Å²) in [6, 6.07) is 0.938. The molecule has 3 rings (SSSR count). The summed E-state index contributed by atoms with van der Waals surface area (Å²) in [6.07, 6.45) is 10.9. The molecule has 1 saturated heterocycles. The molecule has 3 atom stereocenters. The van der Waals surface area contributed by atoms with Gasteiger partial charge in [-0.2, -0.15) is 0 Å². The molecular formula is C13H21N3O2S. The smallest absolute Gasteiger partial charge is 0.151 e. The van der Waals surface area contributed by atoms with Gasteiger partial charge in [-0.15, -0.1) is 0 Å². The van der Waals surface area contributed by atoms with Gasteiger partial charge in [0.15, 0.2) is 9.84 Å². The van der Waals surface area contributed by atoms with Crippen molar-refractivity contribution in [1.82, 2.24) is 14.9 Å². The fraction of sp³-hybridized carbons (Fsp3) is 0.769. The highest BCUT2D eigenvalue weighted by molar-refractivity contribution is 7.91. The Labute approximate surface area is 114 Å². The minimum Gasteiger partial charge on any atom is -0.333 e. The molecular weight excluding hydrogens is 262 g/mol. The van der Waals surface area contributed by atoms with E-state index in [4.69, 9.17) is 0 Å². The predicted molar refractivity (Wildman–Crippen MR) is 73.7 cm³/mol. The zero-order valence-corrected chi connectivity index (χ0v) is 11.8. The Morgan fingerprint density at radius 2 is 2.11 bits per heavy atom. The van der Waals surface area contributed by atoms with Crippen LogP contribution in [0.4, 0.5) is 0 Å². The Hall–Kier alpha value is -0.880. The molecule has 2 fully saturated rings. The van der Waals surface area contributed by atoms with E-state index in [2.05, 4.69) is 14.9 Å². The largest absolute Gasteiger partial charge is 0.333 e. The first kappa shape index (κ1) is 13.1. The van der Waals surface area contributed by atoms with E-state index in [9.17, 15) is 8.42 Å². The van der Waals surface area contributed by atoms with Crippen molar-refractivity contribution in [1.29, 1.82) is 0 Å². The Morgan fingerprint density at radius 3 is 2.84 bits per heavy atom. The predicted octanol–water partition coefficient (Wildman–Crippen LogP) is 1.14. The van der Waals surface area contributed by atoms with Gasteiger partial charge in [0.05, 0.1) is 17.8 Å². The Bertz CT molecular complexity index is 512. The minimum absolute atomic E-state index is 0.132. The minimum atomic E-state index is -2.83. The second kappa shape index (κ2) is 5.25. The lowest BCUT2D eigenvalue weighted by molar-refractivity contribution is 0.346. The SMILES string of the molecule is O=S1(=O)CCCC(NC2CCCC2n2ccnc2)C1. The maximum Gasteiger partial charge on any atom is 0.151 e. The van der Waals surface area contributed by atoms with E-state index in [0.29, 0.717) is 23.6 Å². The Kier molecular flexibility index (Phi) is 3.62. The van der Waals surface area contributed by atoms with Gasteiger partial charge in [-0.1, -0.05) is 0 Å². The number of imidazole rings is 1. The second-order valence-corrected chi connectivity index (χ2v) is 7.96. The summed E-state index contributed by atoms with van der Waals surface area (Å²) >= 11 is 0. The molecule has 1 aromatic rings. The van der Waals surface area contributed by atoms with Crippen LogP contribution in [-0.4, -0.2) is 41.6 Å². The summed E-state index contributed by atoms with van der Waals surface area (Å²) in [5.41, 5.74) is 0. The van der Waals surface area contributed by atoms with Gasteiger partial charge < -0.3 is 9.88 Å². The fourth-order valence-corrected chi connectivity index (χ4v) is 5.06. The van der Waals surface area contributed by atoms with E-state index in [-0.39, 0.29) is 6.04 Å². The molecule has 5 nitrogen and oxygen atoms in total. The topological polar surface area (TPSA) is 64.0 Å². The maximum absolute atomic E-state index is 11.7. The molecule has 1 aliphatic heterocycles. The molecule has 0 aromatic carbocycles. The highest BCUT2D eigenvalue weighted by atomic mass is 32.2. The molecule has 1 N–H and O–H groups in total. The van der Waals surface area contributed by atoms with E-state index >= 15 is 0 Å². The molecule has 2 aliphatic rings. The van der Waals surface area contributed by atoms with E-state index < -0.39 is 9.84 Å². The van der Waals surface area contributed by atoms with Crippen LogP contribution in [0.15, 0.2) is 18.7 Å². The van der Waals surface area contributed by atoms with Crippen LogP contribution in [0.25, 0.3) is 0 Å². The van der Waals surface area contributed by atoms with Crippen molar-refractivity contribution in [2.24, 2.45) is 0 Å². The average Bonchev–Trinajstić information content (AvgIpc) is 2.96. The van der Waals surface area contributed by atoms with Crippen molar-refractivity contribution in [3.05, 3.63) is 18.7 Å². The summed E-state index contributed by atoms with van der Waals surface area (Å²) in [7, 11) is -2.83. The lowest BCUT2D eigenvalue weighted by Gasteiger charge is -2.30. The van der Waals surface area contributed by atoms with E-state index in [1.807, 2.05) is 12.5 Å². The number of aromatic nitrogens is 2. The lowest BCUT2D eigenvalue weighted by Crippen LogP contribution is -2.46.